The summed E-state index contributed by atoms with van der Waals surface area (Å²) in [5.74, 6) is -0.540. The Morgan fingerprint density at radius 1 is 1.33 bits per heavy atom. The molecule has 1 rings (SSSR count). The highest BCUT2D eigenvalue weighted by Crippen LogP contribution is 2.36. The lowest BCUT2D eigenvalue weighted by atomic mass is 9.82. The molecule has 1 aromatic rings. The average molecular weight is 250 g/mol. The fraction of sp³-hybridized carbons (Fsp3) is 0.533. The van der Waals surface area contributed by atoms with Gasteiger partial charge in [0.1, 0.15) is 5.75 Å². The zero-order valence-electron chi connectivity index (χ0n) is 11.7. The van der Waals surface area contributed by atoms with Crippen LogP contribution in [0.15, 0.2) is 12.1 Å². The molecule has 0 aliphatic carbocycles. The van der Waals surface area contributed by atoms with Crippen LogP contribution in [0.5, 0.6) is 5.75 Å². The van der Waals surface area contributed by atoms with Gasteiger partial charge in [-0.3, -0.25) is 4.79 Å². The van der Waals surface area contributed by atoms with E-state index in [9.17, 15) is 9.90 Å². The van der Waals surface area contributed by atoms with Gasteiger partial charge >= 0.3 is 5.97 Å². The van der Waals surface area contributed by atoms with Crippen molar-refractivity contribution in [2.45, 2.75) is 52.4 Å². The third kappa shape index (κ3) is 3.25. The van der Waals surface area contributed by atoms with Gasteiger partial charge in [-0.15, -0.1) is 0 Å². The molecule has 1 aromatic carbocycles. The van der Waals surface area contributed by atoms with E-state index >= 15 is 0 Å². The van der Waals surface area contributed by atoms with E-state index in [-0.39, 0.29) is 17.8 Å². The lowest BCUT2D eigenvalue weighted by Gasteiger charge is -2.24. The summed E-state index contributed by atoms with van der Waals surface area (Å²) in [5.41, 5.74) is 2.48. The number of aryl methyl sites for hydroxylation is 1. The van der Waals surface area contributed by atoms with Gasteiger partial charge in [-0.1, -0.05) is 39.8 Å². The zero-order chi connectivity index (χ0) is 14.1. The summed E-state index contributed by atoms with van der Waals surface area (Å²) in [4.78, 5) is 10.8. The Morgan fingerprint density at radius 3 is 2.33 bits per heavy atom. The van der Waals surface area contributed by atoms with E-state index in [2.05, 4.69) is 0 Å². The molecule has 0 heterocycles. The van der Waals surface area contributed by atoms with Gasteiger partial charge in [-0.2, -0.15) is 0 Å². The normalized spacial score (nSPS) is 13.4. The standard InChI is InChI=1S/C15H22O3/c1-9(7-13(16)17)11-6-10(2)14(18)12(8-11)15(3,4)5/h6,8-9,18H,7H2,1-5H3,(H,16,17). The third-order valence-corrected chi connectivity index (χ3v) is 3.18. The van der Waals surface area contributed by atoms with Gasteiger partial charge in [-0.25, -0.2) is 0 Å². The molecule has 0 aliphatic rings. The predicted octanol–water partition coefficient (Wildman–Crippen LogP) is 3.58. The molecule has 3 heteroatoms. The van der Waals surface area contributed by atoms with Gasteiger partial charge in [0, 0.05) is 0 Å². The second kappa shape index (κ2) is 5.01. The first-order valence-corrected chi connectivity index (χ1v) is 6.18. The summed E-state index contributed by atoms with van der Waals surface area (Å²) in [6, 6.07) is 3.80. The van der Waals surface area contributed by atoms with E-state index < -0.39 is 5.97 Å². The second-order valence-corrected chi connectivity index (χ2v) is 5.98. The fourth-order valence-electron chi connectivity index (χ4n) is 2.04. The molecule has 0 saturated heterocycles. The lowest BCUT2D eigenvalue weighted by Crippen LogP contribution is -2.13. The quantitative estimate of drug-likeness (QED) is 0.862. The molecule has 100 valence electrons. The Bertz CT molecular complexity index is 456. The first kappa shape index (κ1) is 14.6. The third-order valence-electron chi connectivity index (χ3n) is 3.18. The summed E-state index contributed by atoms with van der Waals surface area (Å²) >= 11 is 0. The molecule has 0 spiro atoms. The number of carbonyl (C=O) groups is 1. The molecule has 18 heavy (non-hydrogen) atoms. The maximum Gasteiger partial charge on any atom is 0.303 e. The van der Waals surface area contributed by atoms with E-state index in [1.54, 1.807) is 0 Å². The smallest absolute Gasteiger partial charge is 0.303 e. The molecule has 1 unspecified atom stereocenters. The summed E-state index contributed by atoms with van der Waals surface area (Å²) < 4.78 is 0. The SMILES string of the molecule is Cc1cc(C(C)CC(=O)O)cc(C(C)(C)C)c1O. The van der Waals surface area contributed by atoms with Gasteiger partial charge in [0.2, 0.25) is 0 Å². The van der Waals surface area contributed by atoms with Crippen LogP contribution in [0.4, 0.5) is 0 Å². The Kier molecular flexibility index (Phi) is 4.05. The minimum atomic E-state index is -0.800. The van der Waals surface area contributed by atoms with Gasteiger partial charge in [0.15, 0.2) is 0 Å². The summed E-state index contributed by atoms with van der Waals surface area (Å²) in [6.07, 6.45) is 0.105. The van der Waals surface area contributed by atoms with Gasteiger partial charge in [0.05, 0.1) is 6.42 Å². The number of rotatable bonds is 3. The van der Waals surface area contributed by atoms with Crippen LogP contribution in [0.25, 0.3) is 0 Å². The maximum absolute atomic E-state index is 10.8. The van der Waals surface area contributed by atoms with Crippen LogP contribution in [0, 0.1) is 6.92 Å². The van der Waals surface area contributed by atoms with Crippen molar-refractivity contribution < 1.29 is 15.0 Å². The number of hydrogen-bond acceptors (Lipinski definition) is 2. The van der Waals surface area contributed by atoms with Crippen molar-refractivity contribution in [1.82, 2.24) is 0 Å². The summed E-state index contributed by atoms with van der Waals surface area (Å²) in [5, 5.41) is 19.0. The van der Waals surface area contributed by atoms with Gasteiger partial charge in [-0.05, 0) is 34.9 Å². The highest BCUT2D eigenvalue weighted by molar-refractivity contribution is 5.68. The maximum atomic E-state index is 10.8. The van der Waals surface area contributed by atoms with E-state index in [0.717, 1.165) is 16.7 Å². The first-order chi connectivity index (χ1) is 8.12. The van der Waals surface area contributed by atoms with E-state index in [0.29, 0.717) is 5.75 Å². The Balaban J connectivity index is 3.24. The summed E-state index contributed by atoms with van der Waals surface area (Å²) in [7, 11) is 0. The number of benzene rings is 1. The van der Waals surface area contributed by atoms with Crippen molar-refractivity contribution in [3.8, 4) is 5.75 Å². The van der Waals surface area contributed by atoms with Crippen LogP contribution in [0.1, 0.15) is 56.7 Å². The molecule has 0 amide bonds. The number of phenolic OH excluding ortho intramolecular Hbond substituents is 1. The molecular formula is C15H22O3. The molecule has 0 radical (unpaired) electrons. The first-order valence-electron chi connectivity index (χ1n) is 6.18. The molecule has 0 aromatic heterocycles. The number of phenols is 1. The van der Waals surface area contributed by atoms with Crippen LogP contribution in [-0.2, 0) is 10.2 Å². The molecule has 0 saturated carbocycles. The van der Waals surface area contributed by atoms with Crippen LogP contribution in [0.2, 0.25) is 0 Å². The highest BCUT2D eigenvalue weighted by Gasteiger charge is 2.22. The highest BCUT2D eigenvalue weighted by atomic mass is 16.4. The van der Waals surface area contributed by atoms with E-state index in [1.165, 1.54) is 0 Å². The van der Waals surface area contributed by atoms with Gasteiger partial charge in [0.25, 0.3) is 0 Å². The molecule has 1 atom stereocenters. The molecule has 0 aliphatic heterocycles. The van der Waals surface area contributed by atoms with Crippen LogP contribution < -0.4 is 0 Å². The van der Waals surface area contributed by atoms with Crippen molar-refractivity contribution in [1.29, 1.82) is 0 Å². The van der Waals surface area contributed by atoms with Crippen molar-refractivity contribution in [3.63, 3.8) is 0 Å². The zero-order valence-corrected chi connectivity index (χ0v) is 11.7. The minimum Gasteiger partial charge on any atom is -0.507 e. The molecule has 3 nitrogen and oxygen atoms in total. The second-order valence-electron chi connectivity index (χ2n) is 5.98. The van der Waals surface area contributed by atoms with Crippen molar-refractivity contribution in [3.05, 3.63) is 28.8 Å². The number of aromatic hydroxyl groups is 1. The molecule has 2 N–H and O–H groups in total. The number of carboxylic acid groups (broad SMARTS) is 1. The van der Waals surface area contributed by atoms with Crippen LogP contribution in [0.3, 0.4) is 0 Å². The molecule has 0 bridgehead atoms. The molecule has 0 fully saturated rings. The van der Waals surface area contributed by atoms with Crippen molar-refractivity contribution >= 4 is 5.97 Å². The number of carboxylic acids is 1. The van der Waals surface area contributed by atoms with Gasteiger partial charge < -0.3 is 10.2 Å². The Labute approximate surface area is 108 Å². The van der Waals surface area contributed by atoms with Crippen LogP contribution in [-0.4, -0.2) is 16.2 Å². The Hall–Kier alpha value is -1.51. The summed E-state index contributed by atoms with van der Waals surface area (Å²) in [6.45, 7) is 9.85. The minimum absolute atomic E-state index is 0.0529. The predicted molar refractivity (Wildman–Crippen MR) is 72.2 cm³/mol. The largest absolute Gasteiger partial charge is 0.507 e. The van der Waals surface area contributed by atoms with E-state index in [1.807, 2.05) is 46.8 Å². The van der Waals surface area contributed by atoms with Crippen molar-refractivity contribution in [2.75, 3.05) is 0 Å². The van der Waals surface area contributed by atoms with Crippen molar-refractivity contribution in [2.24, 2.45) is 0 Å². The average Bonchev–Trinajstić information content (AvgIpc) is 2.18. The van der Waals surface area contributed by atoms with E-state index in [4.69, 9.17) is 5.11 Å². The Morgan fingerprint density at radius 2 is 1.89 bits per heavy atom. The fourth-order valence-corrected chi connectivity index (χ4v) is 2.04. The topological polar surface area (TPSA) is 57.5 Å². The molecular weight excluding hydrogens is 228 g/mol. The number of hydrogen-bond donors (Lipinski definition) is 2. The number of aliphatic carboxylic acids is 1. The lowest BCUT2D eigenvalue weighted by molar-refractivity contribution is -0.137. The van der Waals surface area contributed by atoms with Crippen LogP contribution >= 0.6 is 0 Å². The monoisotopic (exact) mass is 250 g/mol.